The first-order valence-electron chi connectivity index (χ1n) is 6.75. The first kappa shape index (κ1) is 15.6. The van der Waals surface area contributed by atoms with Gasteiger partial charge in [0.25, 0.3) is 5.91 Å². The van der Waals surface area contributed by atoms with Gasteiger partial charge in [0, 0.05) is 35.1 Å². The number of nitrogens with zero attached hydrogens (tertiary/aromatic N) is 1. The van der Waals surface area contributed by atoms with Gasteiger partial charge in [-0.15, -0.1) is 0 Å². The van der Waals surface area contributed by atoms with Crippen molar-refractivity contribution < 1.29 is 9.90 Å². The number of likely N-dealkylation sites (N-methyl/N-ethyl adjacent to an activating group) is 1. The molecule has 1 heterocycles. The Hall–Kier alpha value is -1.79. The zero-order valence-electron chi connectivity index (χ0n) is 11.8. The number of rotatable bonds is 6. The lowest BCUT2D eigenvalue weighted by Crippen LogP contribution is -2.26. The Bertz CT molecular complexity index is 595. The van der Waals surface area contributed by atoms with Crippen LogP contribution in [-0.4, -0.2) is 35.7 Å². The van der Waals surface area contributed by atoms with E-state index in [-0.39, 0.29) is 12.5 Å². The molecular formula is C15H18BrN3O2. The lowest BCUT2D eigenvalue weighted by molar-refractivity contribution is 0.102. The fourth-order valence-electron chi connectivity index (χ4n) is 2.04. The molecule has 0 saturated carbocycles. The normalized spacial score (nSPS) is 10.4. The highest BCUT2D eigenvalue weighted by molar-refractivity contribution is 9.10. The molecule has 2 aromatic rings. The van der Waals surface area contributed by atoms with Gasteiger partial charge in [-0.3, -0.25) is 4.79 Å². The van der Waals surface area contributed by atoms with Crippen LogP contribution < -0.4 is 10.2 Å². The summed E-state index contributed by atoms with van der Waals surface area (Å²) in [7, 11) is 0. The Kier molecular flexibility index (Phi) is 5.41. The van der Waals surface area contributed by atoms with Crippen molar-refractivity contribution >= 4 is 33.2 Å². The van der Waals surface area contributed by atoms with Crippen molar-refractivity contribution in [3.63, 3.8) is 0 Å². The second kappa shape index (κ2) is 7.28. The Labute approximate surface area is 132 Å². The summed E-state index contributed by atoms with van der Waals surface area (Å²) >= 11 is 3.30. The Morgan fingerprint density at radius 3 is 2.62 bits per heavy atom. The van der Waals surface area contributed by atoms with E-state index in [9.17, 15) is 4.79 Å². The second-order valence-corrected chi connectivity index (χ2v) is 5.45. The van der Waals surface area contributed by atoms with Crippen LogP contribution in [0.25, 0.3) is 0 Å². The van der Waals surface area contributed by atoms with Crippen LogP contribution in [0.2, 0.25) is 0 Å². The average Bonchev–Trinajstić information content (AvgIpc) is 2.92. The summed E-state index contributed by atoms with van der Waals surface area (Å²) in [4.78, 5) is 16.9. The van der Waals surface area contributed by atoms with E-state index in [0.717, 1.165) is 22.4 Å². The monoisotopic (exact) mass is 351 g/mol. The highest BCUT2D eigenvalue weighted by atomic mass is 79.9. The van der Waals surface area contributed by atoms with Crippen LogP contribution >= 0.6 is 15.9 Å². The fraction of sp³-hybridized carbons (Fsp3) is 0.267. The van der Waals surface area contributed by atoms with Gasteiger partial charge in [-0.05, 0) is 53.2 Å². The van der Waals surface area contributed by atoms with Crippen molar-refractivity contribution in [2.24, 2.45) is 0 Å². The molecule has 1 amide bonds. The summed E-state index contributed by atoms with van der Waals surface area (Å²) < 4.78 is 0.839. The molecule has 0 unspecified atom stereocenters. The summed E-state index contributed by atoms with van der Waals surface area (Å²) in [5.41, 5.74) is 2.25. The average molecular weight is 352 g/mol. The molecule has 2 rings (SSSR count). The zero-order valence-corrected chi connectivity index (χ0v) is 13.4. The number of amides is 1. The van der Waals surface area contributed by atoms with Crippen LogP contribution in [0, 0.1) is 0 Å². The Morgan fingerprint density at radius 2 is 2.10 bits per heavy atom. The third kappa shape index (κ3) is 4.09. The first-order chi connectivity index (χ1) is 10.1. The maximum absolute atomic E-state index is 12.0. The number of aromatic nitrogens is 1. The first-order valence-corrected chi connectivity index (χ1v) is 7.54. The standard InChI is InChI=1S/C15H18BrN3O2/c1-2-19(7-8-20)13-5-3-12(4-6-13)18-15(21)14-9-11(16)10-17-14/h3-6,9-10,17,20H,2,7-8H2,1H3,(H,18,21). The quantitative estimate of drug-likeness (QED) is 0.749. The lowest BCUT2D eigenvalue weighted by Gasteiger charge is -2.22. The number of aliphatic hydroxyl groups excluding tert-OH is 1. The highest BCUT2D eigenvalue weighted by Crippen LogP contribution is 2.18. The third-order valence-electron chi connectivity index (χ3n) is 3.13. The van der Waals surface area contributed by atoms with E-state index >= 15 is 0 Å². The van der Waals surface area contributed by atoms with Gasteiger partial charge in [0.2, 0.25) is 0 Å². The largest absolute Gasteiger partial charge is 0.395 e. The van der Waals surface area contributed by atoms with Crippen molar-refractivity contribution in [3.8, 4) is 0 Å². The van der Waals surface area contributed by atoms with Crippen molar-refractivity contribution in [2.45, 2.75) is 6.92 Å². The molecule has 6 heteroatoms. The number of halogens is 1. The van der Waals surface area contributed by atoms with Gasteiger partial charge in [0.1, 0.15) is 5.69 Å². The molecule has 0 radical (unpaired) electrons. The predicted octanol–water partition coefficient (Wildman–Crippen LogP) is 2.85. The van der Waals surface area contributed by atoms with Gasteiger partial charge in [-0.1, -0.05) is 0 Å². The van der Waals surface area contributed by atoms with E-state index < -0.39 is 0 Å². The van der Waals surface area contributed by atoms with Crippen LogP contribution in [-0.2, 0) is 0 Å². The van der Waals surface area contributed by atoms with E-state index in [1.807, 2.05) is 31.2 Å². The summed E-state index contributed by atoms with van der Waals surface area (Å²) in [6, 6.07) is 9.29. The SMILES string of the molecule is CCN(CCO)c1ccc(NC(=O)c2cc(Br)c[nH]2)cc1. The number of anilines is 2. The number of benzene rings is 1. The van der Waals surface area contributed by atoms with Gasteiger partial charge in [0.05, 0.1) is 6.61 Å². The summed E-state index contributed by atoms with van der Waals surface area (Å²) in [6.45, 7) is 3.57. The number of hydrogen-bond acceptors (Lipinski definition) is 3. The molecule has 0 aliphatic rings. The van der Waals surface area contributed by atoms with Crippen LogP contribution in [0.4, 0.5) is 11.4 Å². The molecule has 0 saturated heterocycles. The maximum Gasteiger partial charge on any atom is 0.272 e. The number of H-pyrrole nitrogens is 1. The highest BCUT2D eigenvalue weighted by Gasteiger charge is 2.09. The molecule has 0 aliphatic heterocycles. The molecule has 0 bridgehead atoms. The van der Waals surface area contributed by atoms with E-state index in [4.69, 9.17) is 5.11 Å². The molecule has 0 fully saturated rings. The summed E-state index contributed by atoms with van der Waals surface area (Å²) in [6.07, 6.45) is 1.71. The van der Waals surface area contributed by atoms with Crippen molar-refractivity contribution in [2.75, 3.05) is 29.9 Å². The molecule has 21 heavy (non-hydrogen) atoms. The molecule has 0 atom stereocenters. The third-order valence-corrected chi connectivity index (χ3v) is 3.59. The van der Waals surface area contributed by atoms with E-state index in [2.05, 4.69) is 31.1 Å². The van der Waals surface area contributed by atoms with Gasteiger partial charge in [0.15, 0.2) is 0 Å². The minimum atomic E-state index is -0.184. The van der Waals surface area contributed by atoms with E-state index in [1.54, 1.807) is 12.3 Å². The molecule has 112 valence electrons. The van der Waals surface area contributed by atoms with Gasteiger partial charge in [-0.2, -0.15) is 0 Å². The van der Waals surface area contributed by atoms with Crippen LogP contribution in [0.3, 0.4) is 0 Å². The topological polar surface area (TPSA) is 68.4 Å². The van der Waals surface area contributed by atoms with Gasteiger partial charge < -0.3 is 20.3 Å². The minimum Gasteiger partial charge on any atom is -0.395 e. The van der Waals surface area contributed by atoms with Crippen molar-refractivity contribution in [1.82, 2.24) is 4.98 Å². The van der Waals surface area contributed by atoms with Crippen molar-refractivity contribution in [3.05, 3.63) is 46.7 Å². The molecule has 1 aromatic heterocycles. The van der Waals surface area contributed by atoms with Gasteiger partial charge >= 0.3 is 0 Å². The van der Waals surface area contributed by atoms with Crippen LogP contribution in [0.1, 0.15) is 17.4 Å². The molecule has 0 spiro atoms. The number of carbonyl (C=O) groups is 1. The number of carbonyl (C=O) groups excluding carboxylic acids is 1. The maximum atomic E-state index is 12.0. The Morgan fingerprint density at radius 1 is 1.38 bits per heavy atom. The predicted molar refractivity (Wildman–Crippen MR) is 87.9 cm³/mol. The Balaban J connectivity index is 2.03. The number of nitrogens with one attached hydrogen (secondary N) is 2. The zero-order chi connectivity index (χ0) is 15.2. The molecular weight excluding hydrogens is 334 g/mol. The summed E-state index contributed by atoms with van der Waals surface area (Å²) in [5.74, 6) is -0.184. The lowest BCUT2D eigenvalue weighted by atomic mass is 10.2. The number of aromatic amines is 1. The van der Waals surface area contributed by atoms with E-state index in [1.165, 1.54) is 0 Å². The number of hydrogen-bond donors (Lipinski definition) is 3. The molecule has 3 N–H and O–H groups in total. The smallest absolute Gasteiger partial charge is 0.272 e. The second-order valence-electron chi connectivity index (χ2n) is 4.54. The van der Waals surface area contributed by atoms with Crippen molar-refractivity contribution in [1.29, 1.82) is 0 Å². The van der Waals surface area contributed by atoms with Crippen LogP contribution in [0.15, 0.2) is 41.0 Å². The molecule has 0 aliphatic carbocycles. The number of aliphatic hydroxyl groups is 1. The minimum absolute atomic E-state index is 0.119. The van der Waals surface area contributed by atoms with Crippen LogP contribution in [0.5, 0.6) is 0 Å². The fourth-order valence-corrected chi connectivity index (χ4v) is 2.39. The molecule has 1 aromatic carbocycles. The summed E-state index contributed by atoms with van der Waals surface area (Å²) in [5, 5.41) is 11.9. The van der Waals surface area contributed by atoms with Gasteiger partial charge in [-0.25, -0.2) is 0 Å². The van der Waals surface area contributed by atoms with E-state index in [0.29, 0.717) is 12.2 Å². The molecule has 5 nitrogen and oxygen atoms in total.